The van der Waals surface area contributed by atoms with E-state index in [0.717, 1.165) is 12.8 Å². The first-order valence-corrected chi connectivity index (χ1v) is 7.21. The molecule has 0 spiro atoms. The molecule has 1 aliphatic rings. The average molecular weight is 277 g/mol. The van der Waals surface area contributed by atoms with Gasteiger partial charge in [-0.05, 0) is 30.9 Å². The van der Waals surface area contributed by atoms with E-state index in [-0.39, 0.29) is 16.9 Å². The lowest BCUT2D eigenvalue weighted by molar-refractivity contribution is 0.0913. The number of aromatic nitrogens is 1. The van der Waals surface area contributed by atoms with Crippen LogP contribution in [0.2, 0.25) is 0 Å². The molecule has 20 heavy (non-hydrogen) atoms. The first-order chi connectivity index (χ1) is 9.56. The Kier molecular flexibility index (Phi) is 4.60. The van der Waals surface area contributed by atoms with Gasteiger partial charge in [0.2, 0.25) is 0 Å². The number of amides is 1. The van der Waals surface area contributed by atoms with Gasteiger partial charge in [-0.15, -0.1) is 0 Å². The van der Waals surface area contributed by atoms with Crippen LogP contribution in [-0.2, 0) is 7.05 Å². The largest absolute Gasteiger partial charge is 0.351 e. The number of nitrogens with zero attached hydrogens (tertiary/aromatic N) is 1. The van der Waals surface area contributed by atoms with E-state index < -0.39 is 0 Å². The Hall–Kier alpha value is -1.62. The van der Waals surface area contributed by atoms with Gasteiger partial charge in [0, 0.05) is 31.4 Å². The van der Waals surface area contributed by atoms with E-state index in [1.165, 1.54) is 29.9 Å². The molecule has 1 aliphatic carbocycles. The molecule has 3 N–H and O–H groups in total. The number of hydrogen-bond donors (Lipinski definition) is 2. The summed E-state index contributed by atoms with van der Waals surface area (Å²) in [6.07, 6.45) is 7.36. The summed E-state index contributed by atoms with van der Waals surface area (Å²) in [5, 5.41) is 2.94. The van der Waals surface area contributed by atoms with Crippen molar-refractivity contribution >= 4 is 5.91 Å². The first-order valence-electron chi connectivity index (χ1n) is 7.21. The van der Waals surface area contributed by atoms with Gasteiger partial charge in [-0.1, -0.05) is 19.3 Å². The SMILES string of the molecule is Cn1ccc(C(=O)NCC2(CN)CCCCC2)cc1=O. The molecular formula is C15H23N3O2. The number of carbonyl (C=O) groups is 1. The van der Waals surface area contributed by atoms with Crippen LogP contribution in [0.1, 0.15) is 42.5 Å². The zero-order valence-electron chi connectivity index (χ0n) is 12.0. The van der Waals surface area contributed by atoms with Crippen LogP contribution in [0.5, 0.6) is 0 Å². The predicted octanol–water partition coefficient (Wildman–Crippen LogP) is 1.02. The molecule has 0 bridgehead atoms. The molecule has 0 unspecified atom stereocenters. The van der Waals surface area contributed by atoms with Crippen molar-refractivity contribution in [2.45, 2.75) is 32.1 Å². The molecule has 5 heteroatoms. The third kappa shape index (κ3) is 3.28. The molecule has 5 nitrogen and oxygen atoms in total. The van der Waals surface area contributed by atoms with Gasteiger partial charge in [0.25, 0.3) is 11.5 Å². The highest BCUT2D eigenvalue weighted by Gasteiger charge is 2.31. The van der Waals surface area contributed by atoms with E-state index in [1.807, 2.05) is 0 Å². The summed E-state index contributed by atoms with van der Waals surface area (Å²) < 4.78 is 1.44. The normalized spacial score (nSPS) is 17.7. The predicted molar refractivity (Wildman–Crippen MR) is 78.6 cm³/mol. The fourth-order valence-corrected chi connectivity index (χ4v) is 2.81. The highest BCUT2D eigenvalue weighted by Crippen LogP contribution is 2.34. The average Bonchev–Trinajstić information content (AvgIpc) is 2.48. The molecule has 0 atom stereocenters. The van der Waals surface area contributed by atoms with Crippen molar-refractivity contribution in [3.63, 3.8) is 0 Å². The van der Waals surface area contributed by atoms with E-state index in [9.17, 15) is 9.59 Å². The number of hydrogen-bond acceptors (Lipinski definition) is 3. The van der Waals surface area contributed by atoms with Gasteiger partial charge in [0.15, 0.2) is 0 Å². The number of nitrogens with one attached hydrogen (secondary N) is 1. The smallest absolute Gasteiger partial charge is 0.251 e. The molecule has 0 radical (unpaired) electrons. The fourth-order valence-electron chi connectivity index (χ4n) is 2.81. The Balaban J connectivity index is 2.00. The van der Waals surface area contributed by atoms with Gasteiger partial charge in [-0.3, -0.25) is 9.59 Å². The Morgan fingerprint density at radius 1 is 1.40 bits per heavy atom. The number of aryl methyl sites for hydroxylation is 1. The topological polar surface area (TPSA) is 77.1 Å². The molecule has 1 aromatic heterocycles. The maximum atomic E-state index is 12.1. The van der Waals surface area contributed by atoms with Crippen molar-refractivity contribution in [3.05, 3.63) is 34.2 Å². The van der Waals surface area contributed by atoms with Gasteiger partial charge in [0.05, 0.1) is 0 Å². The van der Waals surface area contributed by atoms with Crippen molar-refractivity contribution in [3.8, 4) is 0 Å². The van der Waals surface area contributed by atoms with E-state index in [0.29, 0.717) is 18.7 Å². The highest BCUT2D eigenvalue weighted by atomic mass is 16.2. The summed E-state index contributed by atoms with van der Waals surface area (Å²) in [5.41, 5.74) is 6.17. The van der Waals surface area contributed by atoms with Crippen LogP contribution in [0.25, 0.3) is 0 Å². The summed E-state index contributed by atoms with van der Waals surface area (Å²) in [6, 6.07) is 3.03. The Labute approximate surface area is 119 Å². The van der Waals surface area contributed by atoms with Crippen LogP contribution >= 0.6 is 0 Å². The quantitative estimate of drug-likeness (QED) is 0.862. The zero-order chi connectivity index (χ0) is 14.6. The summed E-state index contributed by atoms with van der Waals surface area (Å²) >= 11 is 0. The van der Waals surface area contributed by atoms with Crippen LogP contribution in [-0.4, -0.2) is 23.6 Å². The third-order valence-electron chi connectivity index (χ3n) is 4.34. The fraction of sp³-hybridized carbons (Fsp3) is 0.600. The lowest BCUT2D eigenvalue weighted by Gasteiger charge is -2.36. The first kappa shape index (κ1) is 14.8. The second-order valence-corrected chi connectivity index (χ2v) is 5.81. The van der Waals surface area contributed by atoms with Crippen molar-refractivity contribution in [1.82, 2.24) is 9.88 Å². The summed E-state index contributed by atoms with van der Waals surface area (Å²) in [7, 11) is 1.66. The molecule has 1 aromatic rings. The molecule has 2 rings (SSSR count). The molecule has 1 amide bonds. The number of nitrogens with two attached hydrogens (primary N) is 1. The molecule has 110 valence electrons. The molecule has 0 aromatic carbocycles. The van der Waals surface area contributed by atoms with Crippen LogP contribution in [0, 0.1) is 5.41 Å². The second kappa shape index (κ2) is 6.22. The molecule has 1 fully saturated rings. The molecule has 1 saturated carbocycles. The Bertz CT molecular complexity index is 530. The van der Waals surface area contributed by atoms with Gasteiger partial charge in [-0.25, -0.2) is 0 Å². The van der Waals surface area contributed by atoms with Crippen molar-refractivity contribution in [2.24, 2.45) is 18.2 Å². The van der Waals surface area contributed by atoms with E-state index in [2.05, 4.69) is 5.32 Å². The molecule has 0 aliphatic heterocycles. The summed E-state index contributed by atoms with van der Waals surface area (Å²) in [5.74, 6) is -0.193. The van der Waals surface area contributed by atoms with Crippen LogP contribution < -0.4 is 16.6 Å². The number of rotatable bonds is 4. The Morgan fingerprint density at radius 3 is 2.70 bits per heavy atom. The molecular weight excluding hydrogens is 254 g/mol. The highest BCUT2D eigenvalue weighted by molar-refractivity contribution is 5.93. The zero-order valence-corrected chi connectivity index (χ0v) is 12.0. The van der Waals surface area contributed by atoms with Crippen molar-refractivity contribution < 1.29 is 4.79 Å². The van der Waals surface area contributed by atoms with Crippen LogP contribution in [0.3, 0.4) is 0 Å². The minimum atomic E-state index is -0.193. The number of pyridine rings is 1. The minimum absolute atomic E-state index is 0.0354. The monoisotopic (exact) mass is 277 g/mol. The third-order valence-corrected chi connectivity index (χ3v) is 4.34. The number of carbonyl (C=O) groups excluding carboxylic acids is 1. The van der Waals surface area contributed by atoms with E-state index in [4.69, 9.17) is 5.73 Å². The maximum absolute atomic E-state index is 12.1. The van der Waals surface area contributed by atoms with Gasteiger partial charge in [-0.2, -0.15) is 0 Å². The lowest BCUT2D eigenvalue weighted by Crippen LogP contribution is -2.43. The van der Waals surface area contributed by atoms with E-state index in [1.54, 1.807) is 19.3 Å². The summed E-state index contributed by atoms with van der Waals surface area (Å²) in [4.78, 5) is 23.6. The standard InChI is InChI=1S/C15H23N3O2/c1-18-8-5-12(9-13(18)19)14(20)17-11-15(10-16)6-3-2-4-7-15/h5,8-9H,2-4,6-7,10-11,16H2,1H3,(H,17,20). The minimum Gasteiger partial charge on any atom is -0.351 e. The van der Waals surface area contributed by atoms with Crippen molar-refractivity contribution in [2.75, 3.05) is 13.1 Å². The van der Waals surface area contributed by atoms with Gasteiger partial charge in [0.1, 0.15) is 0 Å². The maximum Gasteiger partial charge on any atom is 0.251 e. The van der Waals surface area contributed by atoms with Crippen LogP contribution in [0.15, 0.2) is 23.1 Å². The Morgan fingerprint density at radius 2 is 2.10 bits per heavy atom. The summed E-state index contributed by atoms with van der Waals surface area (Å²) in [6.45, 7) is 1.20. The lowest BCUT2D eigenvalue weighted by atomic mass is 9.74. The molecule has 0 saturated heterocycles. The van der Waals surface area contributed by atoms with Crippen molar-refractivity contribution in [1.29, 1.82) is 0 Å². The second-order valence-electron chi connectivity index (χ2n) is 5.81. The van der Waals surface area contributed by atoms with Gasteiger partial charge < -0.3 is 15.6 Å². The van der Waals surface area contributed by atoms with Gasteiger partial charge >= 0.3 is 0 Å². The van der Waals surface area contributed by atoms with E-state index >= 15 is 0 Å². The molecule has 1 heterocycles. The van der Waals surface area contributed by atoms with Crippen LogP contribution in [0.4, 0.5) is 0 Å².